The van der Waals surface area contributed by atoms with Crippen LogP contribution < -0.4 is 0 Å². The minimum atomic E-state index is 0.118. The van der Waals surface area contributed by atoms with Gasteiger partial charge in [0.25, 0.3) is 0 Å². The molecule has 0 fully saturated rings. The van der Waals surface area contributed by atoms with Crippen LogP contribution in [0.5, 0.6) is 0 Å². The number of aliphatic hydroxyl groups excluding tert-OH is 1. The van der Waals surface area contributed by atoms with Gasteiger partial charge in [0.1, 0.15) is 0 Å². The van der Waals surface area contributed by atoms with E-state index in [-0.39, 0.29) is 6.61 Å². The topological polar surface area (TPSA) is 41.3 Å². The van der Waals surface area contributed by atoms with E-state index >= 15 is 0 Å². The Bertz CT molecular complexity index is 773. The van der Waals surface area contributed by atoms with Gasteiger partial charge in [-0.25, -0.2) is 0 Å². The highest BCUT2D eigenvalue weighted by Gasteiger charge is 2.12. The molecular formula is C19H20ClN3O. The van der Waals surface area contributed by atoms with Crippen LogP contribution in [-0.4, -0.2) is 32.7 Å². The van der Waals surface area contributed by atoms with Crippen LogP contribution in [0.25, 0.3) is 5.69 Å². The summed E-state index contributed by atoms with van der Waals surface area (Å²) in [6.07, 6.45) is 5.64. The first-order valence-electron chi connectivity index (χ1n) is 7.91. The molecule has 5 heteroatoms. The zero-order chi connectivity index (χ0) is 16.8. The third kappa shape index (κ3) is 4.03. The number of benzene rings is 1. The fourth-order valence-corrected chi connectivity index (χ4v) is 2.99. The highest BCUT2D eigenvalue weighted by molar-refractivity contribution is 6.32. The summed E-state index contributed by atoms with van der Waals surface area (Å²) < 4.78 is 2.09. The molecule has 0 aliphatic rings. The Kier molecular flexibility index (Phi) is 5.64. The Morgan fingerprint density at radius 2 is 1.92 bits per heavy atom. The molecule has 0 aliphatic heterocycles. The van der Waals surface area contributed by atoms with Gasteiger partial charge in [-0.1, -0.05) is 29.8 Å². The van der Waals surface area contributed by atoms with Crippen molar-refractivity contribution in [3.05, 3.63) is 83.4 Å². The molecule has 2 heterocycles. The van der Waals surface area contributed by atoms with E-state index in [0.29, 0.717) is 13.1 Å². The number of hydrogen-bond acceptors (Lipinski definition) is 3. The summed E-state index contributed by atoms with van der Waals surface area (Å²) in [6.45, 7) is 2.17. The molecule has 1 aromatic carbocycles. The normalized spacial score (nSPS) is 11.1. The molecule has 2 aromatic heterocycles. The lowest BCUT2D eigenvalue weighted by Crippen LogP contribution is -2.27. The molecule has 0 bridgehead atoms. The van der Waals surface area contributed by atoms with Crippen LogP contribution in [0, 0.1) is 0 Å². The first-order chi connectivity index (χ1) is 11.8. The highest BCUT2D eigenvalue weighted by Crippen LogP contribution is 2.22. The number of hydrogen-bond donors (Lipinski definition) is 1. The van der Waals surface area contributed by atoms with Crippen molar-refractivity contribution in [3.8, 4) is 5.69 Å². The molecule has 24 heavy (non-hydrogen) atoms. The van der Waals surface area contributed by atoms with Gasteiger partial charge in [-0.05, 0) is 35.9 Å². The largest absolute Gasteiger partial charge is 0.395 e. The standard InChI is InChI=1S/C19H20ClN3O/c20-18-7-1-2-8-19(18)23-10-4-6-17(23)15-22(11-12-24)14-16-5-3-9-21-13-16/h1-10,13,24H,11-12,14-15H2. The Hall–Kier alpha value is -2.14. The molecule has 0 spiro atoms. The third-order valence-corrected chi connectivity index (χ3v) is 4.20. The molecule has 0 radical (unpaired) electrons. The maximum absolute atomic E-state index is 9.39. The van der Waals surface area contributed by atoms with Gasteiger partial charge in [0.05, 0.1) is 17.3 Å². The molecule has 0 amide bonds. The molecule has 3 rings (SSSR count). The van der Waals surface area contributed by atoms with Crippen molar-refractivity contribution in [2.24, 2.45) is 0 Å². The molecule has 0 saturated heterocycles. The Morgan fingerprint density at radius 3 is 2.67 bits per heavy atom. The minimum Gasteiger partial charge on any atom is -0.395 e. The van der Waals surface area contributed by atoms with Gasteiger partial charge in [0.2, 0.25) is 0 Å². The number of halogens is 1. The van der Waals surface area contributed by atoms with Crippen molar-refractivity contribution in [2.45, 2.75) is 13.1 Å². The van der Waals surface area contributed by atoms with Crippen molar-refractivity contribution in [2.75, 3.05) is 13.2 Å². The van der Waals surface area contributed by atoms with Gasteiger partial charge in [0.15, 0.2) is 0 Å². The fourth-order valence-electron chi connectivity index (χ4n) is 2.76. The van der Waals surface area contributed by atoms with Crippen molar-refractivity contribution >= 4 is 11.6 Å². The maximum atomic E-state index is 9.39. The van der Waals surface area contributed by atoms with Crippen molar-refractivity contribution in [1.82, 2.24) is 14.5 Å². The van der Waals surface area contributed by atoms with E-state index in [1.54, 1.807) is 6.20 Å². The zero-order valence-corrected chi connectivity index (χ0v) is 14.1. The maximum Gasteiger partial charge on any atom is 0.0646 e. The average molecular weight is 342 g/mol. The number of nitrogens with zero attached hydrogens (tertiary/aromatic N) is 3. The molecule has 0 unspecified atom stereocenters. The molecule has 0 aliphatic carbocycles. The summed E-state index contributed by atoms with van der Waals surface area (Å²) >= 11 is 6.33. The van der Waals surface area contributed by atoms with E-state index in [1.807, 2.05) is 54.9 Å². The van der Waals surface area contributed by atoms with Gasteiger partial charge in [-0.3, -0.25) is 9.88 Å². The first kappa shape index (κ1) is 16.7. The lowest BCUT2D eigenvalue weighted by Gasteiger charge is -2.22. The quantitative estimate of drug-likeness (QED) is 0.715. The number of para-hydroxylation sites is 1. The van der Waals surface area contributed by atoms with E-state index in [9.17, 15) is 5.11 Å². The Morgan fingerprint density at radius 1 is 1.04 bits per heavy atom. The summed E-state index contributed by atoms with van der Waals surface area (Å²) in [5.41, 5.74) is 3.21. The summed E-state index contributed by atoms with van der Waals surface area (Å²) in [5.74, 6) is 0. The van der Waals surface area contributed by atoms with Crippen LogP contribution in [0.3, 0.4) is 0 Å². The Balaban J connectivity index is 1.81. The number of aliphatic hydroxyl groups is 1. The van der Waals surface area contributed by atoms with E-state index in [2.05, 4.69) is 20.5 Å². The van der Waals surface area contributed by atoms with Gasteiger partial charge < -0.3 is 9.67 Å². The fraction of sp³-hybridized carbons (Fsp3) is 0.211. The van der Waals surface area contributed by atoms with Crippen LogP contribution in [0.1, 0.15) is 11.3 Å². The van der Waals surface area contributed by atoms with E-state index < -0.39 is 0 Å². The molecule has 0 atom stereocenters. The second kappa shape index (κ2) is 8.11. The second-order valence-electron chi connectivity index (χ2n) is 5.62. The summed E-state index contributed by atoms with van der Waals surface area (Å²) in [5, 5.41) is 10.1. The minimum absolute atomic E-state index is 0.118. The molecule has 124 valence electrons. The lowest BCUT2D eigenvalue weighted by atomic mass is 10.2. The van der Waals surface area contributed by atoms with E-state index in [1.165, 1.54) is 0 Å². The van der Waals surface area contributed by atoms with Gasteiger partial charge >= 0.3 is 0 Å². The number of pyridine rings is 1. The molecule has 0 saturated carbocycles. The van der Waals surface area contributed by atoms with Crippen LogP contribution in [0.2, 0.25) is 5.02 Å². The van der Waals surface area contributed by atoms with E-state index in [0.717, 1.165) is 28.5 Å². The third-order valence-electron chi connectivity index (χ3n) is 3.88. The first-order valence-corrected chi connectivity index (χ1v) is 8.29. The molecule has 4 nitrogen and oxygen atoms in total. The lowest BCUT2D eigenvalue weighted by molar-refractivity contribution is 0.182. The zero-order valence-electron chi connectivity index (χ0n) is 13.3. The van der Waals surface area contributed by atoms with Crippen LogP contribution in [-0.2, 0) is 13.1 Å². The van der Waals surface area contributed by atoms with E-state index in [4.69, 9.17) is 11.6 Å². The van der Waals surface area contributed by atoms with Gasteiger partial charge in [-0.15, -0.1) is 0 Å². The van der Waals surface area contributed by atoms with Gasteiger partial charge in [-0.2, -0.15) is 0 Å². The predicted molar refractivity (Wildman–Crippen MR) is 96.2 cm³/mol. The number of rotatable bonds is 7. The molecular weight excluding hydrogens is 322 g/mol. The second-order valence-corrected chi connectivity index (χ2v) is 6.02. The summed E-state index contributed by atoms with van der Waals surface area (Å²) in [7, 11) is 0. The summed E-state index contributed by atoms with van der Waals surface area (Å²) in [6, 6.07) is 15.9. The van der Waals surface area contributed by atoms with Crippen LogP contribution in [0.15, 0.2) is 67.1 Å². The monoisotopic (exact) mass is 341 g/mol. The van der Waals surface area contributed by atoms with Crippen molar-refractivity contribution in [1.29, 1.82) is 0 Å². The van der Waals surface area contributed by atoms with Crippen LogP contribution in [0.4, 0.5) is 0 Å². The van der Waals surface area contributed by atoms with Crippen LogP contribution >= 0.6 is 11.6 Å². The number of aromatic nitrogens is 2. The predicted octanol–water partition coefficient (Wildman–Crippen LogP) is 3.52. The van der Waals surface area contributed by atoms with Crippen molar-refractivity contribution in [3.63, 3.8) is 0 Å². The highest BCUT2D eigenvalue weighted by atomic mass is 35.5. The molecule has 3 aromatic rings. The summed E-state index contributed by atoms with van der Waals surface area (Å²) in [4.78, 5) is 6.35. The SMILES string of the molecule is OCCN(Cc1cccnc1)Cc1cccn1-c1ccccc1Cl. The average Bonchev–Trinajstić information content (AvgIpc) is 3.04. The van der Waals surface area contributed by atoms with Crippen molar-refractivity contribution < 1.29 is 5.11 Å². The molecule has 1 N–H and O–H groups in total. The van der Waals surface area contributed by atoms with Gasteiger partial charge in [0, 0.05) is 43.9 Å². The smallest absolute Gasteiger partial charge is 0.0646 e. The Labute approximate surface area is 147 Å².